The maximum atomic E-state index is 4.20. The third-order valence-electron chi connectivity index (χ3n) is 2.63. The highest BCUT2D eigenvalue weighted by atomic mass is 79.9. The Morgan fingerprint density at radius 1 is 1.41 bits per heavy atom. The first-order valence-corrected chi connectivity index (χ1v) is 7.29. The summed E-state index contributed by atoms with van der Waals surface area (Å²) in [4.78, 5) is 5.62. The van der Waals surface area contributed by atoms with Gasteiger partial charge < -0.3 is 9.88 Å². The minimum absolute atomic E-state index is 0.986. The fraction of sp³-hybridized carbons (Fsp3) is 0.417. The van der Waals surface area contributed by atoms with Crippen molar-refractivity contribution >= 4 is 27.3 Å². The largest absolute Gasteiger partial charge is 0.334 e. The lowest BCUT2D eigenvalue weighted by molar-refractivity contribution is 0.590. The van der Waals surface area contributed by atoms with Gasteiger partial charge in [-0.3, -0.25) is 0 Å². The number of hydrogen-bond donors (Lipinski definition) is 1. The number of imidazole rings is 1. The Morgan fingerprint density at radius 3 is 2.94 bits per heavy atom. The molecule has 5 heteroatoms. The highest BCUT2D eigenvalue weighted by Crippen LogP contribution is 2.21. The van der Waals surface area contributed by atoms with Crippen LogP contribution in [0.5, 0.6) is 0 Å². The maximum Gasteiger partial charge on any atom is 0.105 e. The smallest absolute Gasteiger partial charge is 0.105 e. The molecule has 0 amide bonds. The molecular weight excluding hydrogens is 298 g/mol. The summed E-state index contributed by atoms with van der Waals surface area (Å²) in [7, 11) is 0. The number of hydrogen-bond acceptors (Lipinski definition) is 3. The maximum absolute atomic E-state index is 4.20. The summed E-state index contributed by atoms with van der Waals surface area (Å²) < 4.78 is 3.37. The molecule has 0 saturated heterocycles. The van der Waals surface area contributed by atoms with Crippen molar-refractivity contribution < 1.29 is 0 Å². The van der Waals surface area contributed by atoms with Crippen molar-refractivity contribution in [1.29, 1.82) is 0 Å². The monoisotopic (exact) mass is 313 g/mol. The van der Waals surface area contributed by atoms with Crippen molar-refractivity contribution in [3.63, 3.8) is 0 Å². The Morgan fingerprint density at radius 2 is 2.29 bits per heavy atom. The summed E-state index contributed by atoms with van der Waals surface area (Å²) in [5.41, 5.74) is 0. The highest BCUT2D eigenvalue weighted by Gasteiger charge is 1.98. The van der Waals surface area contributed by atoms with Crippen LogP contribution in [0.25, 0.3) is 0 Å². The third-order valence-corrected chi connectivity index (χ3v) is 4.31. The predicted molar refractivity (Wildman–Crippen MR) is 75.6 cm³/mol. The van der Waals surface area contributed by atoms with E-state index in [9.17, 15) is 0 Å². The molecule has 2 aromatic heterocycles. The summed E-state index contributed by atoms with van der Waals surface area (Å²) in [5.74, 6) is 1.08. The van der Waals surface area contributed by atoms with Crippen molar-refractivity contribution in [1.82, 2.24) is 14.9 Å². The average Bonchev–Trinajstić information content (AvgIpc) is 2.88. The Hall–Kier alpha value is -0.650. The average molecular weight is 314 g/mol. The molecule has 0 unspecified atom stereocenters. The van der Waals surface area contributed by atoms with Gasteiger partial charge >= 0.3 is 0 Å². The zero-order valence-electron chi connectivity index (χ0n) is 9.82. The number of aryl methyl sites for hydroxylation is 1. The molecule has 17 heavy (non-hydrogen) atoms. The molecule has 2 aromatic rings. The van der Waals surface area contributed by atoms with Gasteiger partial charge in [-0.15, -0.1) is 11.3 Å². The fourth-order valence-corrected chi connectivity index (χ4v) is 3.14. The van der Waals surface area contributed by atoms with Gasteiger partial charge in [0, 0.05) is 36.9 Å². The number of nitrogens with one attached hydrogen (secondary N) is 1. The van der Waals surface area contributed by atoms with E-state index < -0.39 is 0 Å². The number of aromatic nitrogens is 2. The topological polar surface area (TPSA) is 29.9 Å². The highest BCUT2D eigenvalue weighted by molar-refractivity contribution is 9.11. The molecule has 0 atom stereocenters. The quantitative estimate of drug-likeness (QED) is 0.831. The lowest BCUT2D eigenvalue weighted by Gasteiger charge is -2.06. The fourth-order valence-electron chi connectivity index (χ4n) is 1.66. The molecule has 0 bridgehead atoms. The molecule has 0 spiro atoms. The molecule has 2 heterocycles. The molecule has 0 aromatic carbocycles. The molecule has 0 saturated carbocycles. The van der Waals surface area contributed by atoms with Gasteiger partial charge in [0.2, 0.25) is 0 Å². The van der Waals surface area contributed by atoms with E-state index in [2.05, 4.69) is 42.9 Å². The zero-order valence-corrected chi connectivity index (χ0v) is 12.2. The minimum atomic E-state index is 0.986. The summed E-state index contributed by atoms with van der Waals surface area (Å²) >= 11 is 5.28. The van der Waals surface area contributed by atoms with Crippen LogP contribution < -0.4 is 5.32 Å². The Bertz CT molecular complexity index is 464. The molecule has 0 aliphatic heterocycles. The Balaban J connectivity index is 1.62. The van der Waals surface area contributed by atoms with Crippen LogP contribution >= 0.6 is 27.3 Å². The molecule has 0 fully saturated rings. The summed E-state index contributed by atoms with van der Waals surface area (Å²) in [5, 5.41) is 3.45. The number of rotatable bonds is 6. The molecule has 2 rings (SSSR count). The van der Waals surface area contributed by atoms with Gasteiger partial charge in [0.05, 0.1) is 3.79 Å². The van der Waals surface area contributed by atoms with Gasteiger partial charge in [0.1, 0.15) is 5.82 Å². The van der Waals surface area contributed by atoms with Gasteiger partial charge in [0.25, 0.3) is 0 Å². The summed E-state index contributed by atoms with van der Waals surface area (Å²) in [6.45, 7) is 5.04. The van der Waals surface area contributed by atoms with Crippen LogP contribution in [0.1, 0.15) is 10.7 Å². The number of thiophene rings is 1. The molecule has 0 aliphatic rings. The van der Waals surface area contributed by atoms with Crippen molar-refractivity contribution in [2.45, 2.75) is 19.9 Å². The van der Waals surface area contributed by atoms with E-state index in [1.807, 2.05) is 30.7 Å². The van der Waals surface area contributed by atoms with E-state index in [-0.39, 0.29) is 0 Å². The van der Waals surface area contributed by atoms with Gasteiger partial charge in [-0.2, -0.15) is 0 Å². The normalized spacial score (nSPS) is 10.9. The van der Waals surface area contributed by atoms with Crippen molar-refractivity contribution in [2.24, 2.45) is 0 Å². The first-order chi connectivity index (χ1) is 8.25. The van der Waals surface area contributed by atoms with Crippen LogP contribution in [0, 0.1) is 6.92 Å². The lowest BCUT2D eigenvalue weighted by atomic mass is 10.3. The van der Waals surface area contributed by atoms with Crippen LogP contribution in [0.4, 0.5) is 0 Å². The Kier molecular flexibility index (Phi) is 4.76. The van der Waals surface area contributed by atoms with Crippen molar-refractivity contribution in [3.8, 4) is 0 Å². The summed E-state index contributed by atoms with van der Waals surface area (Å²) in [6, 6.07) is 4.28. The second kappa shape index (κ2) is 6.33. The van der Waals surface area contributed by atoms with Gasteiger partial charge in [0.15, 0.2) is 0 Å². The van der Waals surface area contributed by atoms with E-state index in [0.29, 0.717) is 0 Å². The van der Waals surface area contributed by atoms with Crippen LogP contribution in [0.3, 0.4) is 0 Å². The third kappa shape index (κ3) is 3.94. The van der Waals surface area contributed by atoms with E-state index in [1.54, 1.807) is 0 Å². The first kappa shape index (κ1) is 12.8. The summed E-state index contributed by atoms with van der Waals surface area (Å²) in [6.07, 6.45) is 4.96. The minimum Gasteiger partial charge on any atom is -0.334 e. The van der Waals surface area contributed by atoms with Crippen molar-refractivity contribution in [2.75, 3.05) is 13.1 Å². The van der Waals surface area contributed by atoms with E-state index in [0.717, 1.165) is 31.9 Å². The lowest BCUT2D eigenvalue weighted by Crippen LogP contribution is -2.22. The zero-order chi connectivity index (χ0) is 12.1. The molecule has 3 nitrogen and oxygen atoms in total. The van der Waals surface area contributed by atoms with E-state index >= 15 is 0 Å². The predicted octanol–water partition coefficient (Wildman–Crippen LogP) is 2.85. The van der Waals surface area contributed by atoms with Crippen LogP contribution in [-0.2, 0) is 13.0 Å². The molecule has 92 valence electrons. The second-order valence-corrected chi connectivity index (χ2v) is 6.42. The van der Waals surface area contributed by atoms with Crippen LogP contribution in [0.15, 0.2) is 28.3 Å². The standard InChI is InChI=1S/C12H16BrN3S/c1-10-15-7-9-16(10)8-6-14-5-4-11-2-3-12(13)17-11/h2-3,7,9,14H,4-6,8H2,1H3. The molecule has 1 N–H and O–H groups in total. The SMILES string of the molecule is Cc1nccn1CCNCCc1ccc(Br)s1. The van der Waals surface area contributed by atoms with Crippen LogP contribution in [-0.4, -0.2) is 22.6 Å². The molecule has 0 radical (unpaired) electrons. The van der Waals surface area contributed by atoms with Crippen molar-refractivity contribution in [3.05, 3.63) is 39.0 Å². The second-order valence-electron chi connectivity index (χ2n) is 3.87. The number of nitrogens with zero attached hydrogens (tertiary/aromatic N) is 2. The van der Waals surface area contributed by atoms with Gasteiger partial charge in [-0.05, 0) is 41.4 Å². The molecular formula is C12H16BrN3S. The van der Waals surface area contributed by atoms with Crippen LogP contribution in [0.2, 0.25) is 0 Å². The first-order valence-electron chi connectivity index (χ1n) is 5.68. The van der Waals surface area contributed by atoms with Gasteiger partial charge in [-0.25, -0.2) is 4.98 Å². The van der Waals surface area contributed by atoms with E-state index in [4.69, 9.17) is 0 Å². The van der Waals surface area contributed by atoms with E-state index in [1.165, 1.54) is 8.66 Å². The van der Waals surface area contributed by atoms with Gasteiger partial charge in [-0.1, -0.05) is 0 Å². The molecule has 0 aliphatic carbocycles. The number of halogens is 1. The Labute approximate surface area is 114 Å².